The molecule has 0 unspecified atom stereocenters. The van der Waals surface area contributed by atoms with Gasteiger partial charge in [-0.05, 0) is 12.1 Å². The van der Waals surface area contributed by atoms with Crippen molar-refractivity contribution in [3.05, 3.63) is 69.7 Å². The van der Waals surface area contributed by atoms with E-state index in [0.29, 0.717) is 31.9 Å². The highest BCUT2D eigenvalue weighted by Gasteiger charge is 2.31. The Morgan fingerprint density at radius 2 is 1.69 bits per heavy atom. The van der Waals surface area contributed by atoms with Crippen molar-refractivity contribution in [2.75, 3.05) is 26.3 Å². The monoisotopic (exact) mass is 393 g/mol. The lowest BCUT2D eigenvalue weighted by molar-refractivity contribution is -0.145. The maximum atomic E-state index is 13.0. The first kappa shape index (κ1) is 18.7. The van der Waals surface area contributed by atoms with E-state index in [0.717, 1.165) is 0 Å². The normalized spacial score (nSPS) is 15.4. The lowest BCUT2D eigenvalue weighted by Crippen LogP contribution is -2.44. The SMILES string of the molecule is O=C(O[C@H](C(=O)N1CCOCC1)c1ccccc1)c1cccc(Cl)c1Cl. The Hall–Kier alpha value is -2.08. The van der Waals surface area contributed by atoms with Crippen LogP contribution < -0.4 is 0 Å². The molecule has 1 fully saturated rings. The minimum Gasteiger partial charge on any atom is -0.444 e. The molecule has 0 aliphatic carbocycles. The zero-order chi connectivity index (χ0) is 18.5. The van der Waals surface area contributed by atoms with E-state index < -0.39 is 12.1 Å². The molecule has 0 bridgehead atoms. The maximum absolute atomic E-state index is 13.0. The highest BCUT2D eigenvalue weighted by Crippen LogP contribution is 2.28. The Balaban J connectivity index is 1.87. The summed E-state index contributed by atoms with van der Waals surface area (Å²) in [6.45, 7) is 1.83. The zero-order valence-corrected chi connectivity index (χ0v) is 15.4. The molecule has 2 aromatic rings. The largest absolute Gasteiger partial charge is 0.444 e. The first-order valence-electron chi connectivity index (χ1n) is 8.14. The molecule has 1 saturated heterocycles. The van der Waals surface area contributed by atoms with E-state index in [4.69, 9.17) is 32.7 Å². The number of amides is 1. The van der Waals surface area contributed by atoms with Crippen LogP contribution in [-0.2, 0) is 14.3 Å². The Morgan fingerprint density at radius 3 is 2.38 bits per heavy atom. The van der Waals surface area contributed by atoms with Crippen LogP contribution in [-0.4, -0.2) is 43.1 Å². The quantitative estimate of drug-likeness (QED) is 0.742. The number of nitrogens with zero attached hydrogens (tertiary/aromatic N) is 1. The predicted molar refractivity (Wildman–Crippen MR) is 98.5 cm³/mol. The number of hydrogen-bond donors (Lipinski definition) is 0. The van der Waals surface area contributed by atoms with Crippen molar-refractivity contribution in [2.24, 2.45) is 0 Å². The molecule has 1 atom stereocenters. The van der Waals surface area contributed by atoms with Gasteiger partial charge in [0.2, 0.25) is 6.10 Å². The maximum Gasteiger partial charge on any atom is 0.340 e. The minimum absolute atomic E-state index is 0.102. The second-order valence-corrected chi connectivity index (χ2v) is 6.52. The van der Waals surface area contributed by atoms with Crippen molar-refractivity contribution in [3.8, 4) is 0 Å². The van der Waals surface area contributed by atoms with Crippen LogP contribution in [0.2, 0.25) is 10.0 Å². The standard InChI is InChI=1S/C19H17Cl2NO4/c20-15-8-4-7-14(16(15)21)19(24)26-17(13-5-2-1-3-6-13)18(23)22-9-11-25-12-10-22/h1-8,17H,9-12H2/t17-/m0/s1. The van der Waals surface area contributed by atoms with E-state index in [1.54, 1.807) is 41.3 Å². The lowest BCUT2D eigenvalue weighted by Gasteiger charge is -2.30. The molecule has 0 N–H and O–H groups in total. The molecule has 136 valence electrons. The van der Waals surface area contributed by atoms with Gasteiger partial charge in [0.15, 0.2) is 0 Å². The molecule has 0 spiro atoms. The van der Waals surface area contributed by atoms with Gasteiger partial charge in [-0.15, -0.1) is 0 Å². The molecule has 1 heterocycles. The van der Waals surface area contributed by atoms with E-state index in [1.165, 1.54) is 6.07 Å². The predicted octanol–water partition coefficient (Wildman–Crippen LogP) is 3.75. The van der Waals surface area contributed by atoms with Crippen LogP contribution in [0, 0.1) is 0 Å². The van der Waals surface area contributed by atoms with Gasteiger partial charge in [-0.25, -0.2) is 4.79 Å². The van der Waals surface area contributed by atoms with Crippen molar-refractivity contribution in [2.45, 2.75) is 6.10 Å². The first-order valence-corrected chi connectivity index (χ1v) is 8.90. The zero-order valence-electron chi connectivity index (χ0n) is 13.9. The van der Waals surface area contributed by atoms with Gasteiger partial charge >= 0.3 is 5.97 Å². The second-order valence-electron chi connectivity index (χ2n) is 5.74. The molecule has 0 saturated carbocycles. The van der Waals surface area contributed by atoms with Gasteiger partial charge in [-0.3, -0.25) is 4.79 Å². The molecule has 2 aromatic carbocycles. The number of benzene rings is 2. The Labute approximate surface area is 161 Å². The van der Waals surface area contributed by atoms with Gasteiger partial charge in [0.25, 0.3) is 5.91 Å². The van der Waals surface area contributed by atoms with Crippen LogP contribution in [0.4, 0.5) is 0 Å². The topological polar surface area (TPSA) is 55.8 Å². The van der Waals surface area contributed by atoms with Crippen molar-refractivity contribution in [3.63, 3.8) is 0 Å². The Morgan fingerprint density at radius 1 is 1.00 bits per heavy atom. The van der Waals surface area contributed by atoms with Crippen molar-refractivity contribution < 1.29 is 19.1 Å². The third kappa shape index (κ3) is 4.18. The molecule has 7 heteroatoms. The van der Waals surface area contributed by atoms with Gasteiger partial charge in [0.1, 0.15) is 0 Å². The van der Waals surface area contributed by atoms with Crippen LogP contribution in [0.3, 0.4) is 0 Å². The molecular formula is C19H17Cl2NO4. The number of carbonyl (C=O) groups is 2. The Kier molecular flexibility index (Phi) is 6.14. The van der Waals surface area contributed by atoms with Gasteiger partial charge in [-0.2, -0.15) is 0 Å². The molecule has 0 aromatic heterocycles. The summed E-state index contributed by atoms with van der Waals surface area (Å²) < 4.78 is 10.8. The number of rotatable bonds is 4. The minimum atomic E-state index is -1.06. The fourth-order valence-electron chi connectivity index (χ4n) is 2.67. The number of ether oxygens (including phenoxy) is 2. The third-order valence-electron chi connectivity index (χ3n) is 4.05. The second kappa shape index (κ2) is 8.54. The van der Waals surface area contributed by atoms with Crippen LogP contribution in [0.5, 0.6) is 0 Å². The van der Waals surface area contributed by atoms with Gasteiger partial charge < -0.3 is 14.4 Å². The first-order chi connectivity index (χ1) is 12.6. The summed E-state index contributed by atoms with van der Waals surface area (Å²) in [5.74, 6) is -0.987. The summed E-state index contributed by atoms with van der Waals surface area (Å²) in [6.07, 6.45) is -1.06. The number of carbonyl (C=O) groups excluding carboxylic acids is 2. The highest BCUT2D eigenvalue weighted by atomic mass is 35.5. The third-order valence-corrected chi connectivity index (χ3v) is 4.86. The van der Waals surface area contributed by atoms with Crippen LogP contribution in [0.1, 0.15) is 22.0 Å². The fraction of sp³-hybridized carbons (Fsp3) is 0.263. The van der Waals surface area contributed by atoms with E-state index in [9.17, 15) is 9.59 Å². The van der Waals surface area contributed by atoms with Crippen LogP contribution >= 0.6 is 23.2 Å². The van der Waals surface area contributed by atoms with E-state index in [-0.39, 0.29) is 21.5 Å². The smallest absolute Gasteiger partial charge is 0.340 e. The van der Waals surface area contributed by atoms with E-state index >= 15 is 0 Å². The van der Waals surface area contributed by atoms with E-state index in [1.807, 2.05) is 6.07 Å². The molecule has 0 radical (unpaired) electrons. The van der Waals surface area contributed by atoms with Crippen LogP contribution in [0.15, 0.2) is 48.5 Å². The van der Waals surface area contributed by atoms with Crippen molar-refractivity contribution in [1.29, 1.82) is 0 Å². The van der Waals surface area contributed by atoms with Crippen LogP contribution in [0.25, 0.3) is 0 Å². The van der Waals surface area contributed by atoms with E-state index in [2.05, 4.69) is 0 Å². The van der Waals surface area contributed by atoms with Gasteiger partial charge in [0, 0.05) is 18.7 Å². The number of morpholine rings is 1. The summed E-state index contributed by atoms with van der Waals surface area (Å²) >= 11 is 12.1. The highest BCUT2D eigenvalue weighted by molar-refractivity contribution is 6.43. The van der Waals surface area contributed by atoms with Gasteiger partial charge in [-0.1, -0.05) is 59.6 Å². The molecule has 26 heavy (non-hydrogen) atoms. The lowest BCUT2D eigenvalue weighted by atomic mass is 10.1. The summed E-state index contributed by atoms with van der Waals surface area (Å²) in [7, 11) is 0. The molecule has 1 aliphatic rings. The summed E-state index contributed by atoms with van der Waals surface area (Å²) in [5, 5.41) is 0.349. The van der Waals surface area contributed by atoms with Crippen molar-refractivity contribution >= 4 is 35.1 Å². The average Bonchev–Trinajstić information content (AvgIpc) is 2.69. The Bertz CT molecular complexity index is 791. The summed E-state index contributed by atoms with van der Waals surface area (Å²) in [4.78, 5) is 27.2. The molecule has 3 rings (SSSR count). The summed E-state index contributed by atoms with van der Waals surface area (Å²) in [6, 6.07) is 13.6. The molecule has 1 amide bonds. The summed E-state index contributed by atoms with van der Waals surface area (Å²) in [5.41, 5.74) is 0.713. The number of hydrogen-bond acceptors (Lipinski definition) is 4. The number of halogens is 2. The molecule has 5 nitrogen and oxygen atoms in total. The average molecular weight is 394 g/mol. The molecular weight excluding hydrogens is 377 g/mol. The molecule has 1 aliphatic heterocycles. The fourth-order valence-corrected chi connectivity index (χ4v) is 3.05. The number of esters is 1. The van der Waals surface area contributed by atoms with Crippen molar-refractivity contribution in [1.82, 2.24) is 4.90 Å². The van der Waals surface area contributed by atoms with Gasteiger partial charge in [0.05, 0.1) is 28.8 Å².